The molecule has 1 unspecified atom stereocenters. The number of aryl methyl sites for hydroxylation is 1. The minimum atomic E-state index is -3.11. The largest absolute Gasteiger partial charge is 0.493 e. The van der Waals surface area contributed by atoms with E-state index >= 15 is 0 Å². The smallest absolute Gasteiger partial charge is 0.208 e. The van der Waals surface area contributed by atoms with Crippen LogP contribution in [0, 0.1) is 0 Å². The molecule has 8 heteroatoms. The van der Waals surface area contributed by atoms with E-state index in [2.05, 4.69) is 22.3 Å². The molecule has 1 aliphatic rings. The Morgan fingerprint density at radius 2 is 1.91 bits per heavy atom. The van der Waals surface area contributed by atoms with E-state index in [1.54, 1.807) is 19.2 Å². The Labute approximate surface area is 190 Å². The second-order valence-electron chi connectivity index (χ2n) is 8.35. The Morgan fingerprint density at radius 1 is 1.12 bits per heavy atom. The molecule has 0 saturated carbocycles. The topological polar surface area (TPSA) is 86.6 Å². The summed E-state index contributed by atoms with van der Waals surface area (Å²) >= 11 is 0. The summed E-state index contributed by atoms with van der Waals surface area (Å²) < 4.78 is 38.5. The van der Waals surface area contributed by atoms with E-state index in [1.165, 1.54) is 11.8 Å². The highest BCUT2D eigenvalue weighted by Gasteiger charge is 2.22. The third kappa shape index (κ3) is 6.36. The summed E-state index contributed by atoms with van der Waals surface area (Å²) in [6.45, 7) is 3.22. The molecule has 176 valence electrons. The SMILES string of the molecule is CCC1CCc2cc(OCCCCCCNS(C)(=O)=O)c(OC)cc2-c2cc(=O)ccn21. The zero-order valence-electron chi connectivity index (χ0n) is 19.2. The van der Waals surface area contributed by atoms with Crippen molar-refractivity contribution in [2.24, 2.45) is 0 Å². The number of rotatable bonds is 11. The lowest BCUT2D eigenvalue weighted by Crippen LogP contribution is -2.22. The van der Waals surface area contributed by atoms with Gasteiger partial charge in [-0.15, -0.1) is 0 Å². The molecule has 1 N–H and O–H groups in total. The highest BCUT2D eigenvalue weighted by atomic mass is 32.2. The van der Waals surface area contributed by atoms with Crippen LogP contribution in [0.5, 0.6) is 11.5 Å². The number of methoxy groups -OCH3 is 1. The van der Waals surface area contributed by atoms with Gasteiger partial charge in [0.2, 0.25) is 10.0 Å². The summed E-state index contributed by atoms with van der Waals surface area (Å²) in [5.41, 5.74) is 3.14. The van der Waals surface area contributed by atoms with Crippen molar-refractivity contribution in [1.29, 1.82) is 0 Å². The molecule has 32 heavy (non-hydrogen) atoms. The van der Waals surface area contributed by atoms with Gasteiger partial charge in [0.25, 0.3) is 0 Å². The molecule has 3 rings (SSSR count). The first-order valence-electron chi connectivity index (χ1n) is 11.3. The summed E-state index contributed by atoms with van der Waals surface area (Å²) in [4.78, 5) is 12.1. The predicted molar refractivity (Wildman–Crippen MR) is 127 cm³/mol. The van der Waals surface area contributed by atoms with Crippen LogP contribution in [0.1, 0.15) is 57.1 Å². The molecule has 1 aromatic heterocycles. The zero-order chi connectivity index (χ0) is 23.1. The molecule has 0 saturated heterocycles. The fourth-order valence-electron chi connectivity index (χ4n) is 4.23. The predicted octanol–water partition coefficient (Wildman–Crippen LogP) is 3.91. The maximum atomic E-state index is 12.1. The summed E-state index contributed by atoms with van der Waals surface area (Å²) in [5.74, 6) is 1.39. The molecule has 0 spiro atoms. The zero-order valence-corrected chi connectivity index (χ0v) is 20.0. The number of ether oxygens (including phenoxy) is 2. The van der Waals surface area contributed by atoms with E-state index in [9.17, 15) is 13.2 Å². The maximum Gasteiger partial charge on any atom is 0.208 e. The van der Waals surface area contributed by atoms with Gasteiger partial charge < -0.3 is 14.0 Å². The molecular weight excluding hydrogens is 428 g/mol. The van der Waals surface area contributed by atoms with Crippen LogP contribution in [0.25, 0.3) is 11.3 Å². The number of sulfonamides is 1. The molecule has 0 fully saturated rings. The van der Waals surface area contributed by atoms with Gasteiger partial charge in [-0.05, 0) is 49.8 Å². The first-order valence-corrected chi connectivity index (χ1v) is 13.2. The number of aromatic nitrogens is 1. The minimum absolute atomic E-state index is 0.00461. The summed E-state index contributed by atoms with van der Waals surface area (Å²) in [6.07, 6.45) is 9.61. The third-order valence-electron chi connectivity index (χ3n) is 5.93. The van der Waals surface area contributed by atoms with Crippen molar-refractivity contribution in [2.45, 2.75) is 57.9 Å². The van der Waals surface area contributed by atoms with Gasteiger partial charge in [-0.3, -0.25) is 4.79 Å². The van der Waals surface area contributed by atoms with Crippen LogP contribution < -0.4 is 19.6 Å². The van der Waals surface area contributed by atoms with Crippen LogP contribution in [0.2, 0.25) is 0 Å². The fraction of sp³-hybridized carbons (Fsp3) is 0.542. The Kier molecular flexibility index (Phi) is 8.37. The second-order valence-corrected chi connectivity index (χ2v) is 10.2. The fourth-order valence-corrected chi connectivity index (χ4v) is 4.74. The van der Waals surface area contributed by atoms with Gasteiger partial charge in [-0.25, -0.2) is 13.1 Å². The molecule has 1 aromatic carbocycles. The van der Waals surface area contributed by atoms with Crippen LogP contribution in [-0.4, -0.2) is 39.5 Å². The van der Waals surface area contributed by atoms with E-state index in [0.717, 1.165) is 62.0 Å². The molecule has 0 aliphatic carbocycles. The normalized spacial score (nSPS) is 15.5. The number of nitrogens with zero attached hydrogens (tertiary/aromatic N) is 1. The lowest BCUT2D eigenvalue weighted by molar-refractivity contribution is 0.284. The van der Waals surface area contributed by atoms with E-state index in [4.69, 9.17) is 9.47 Å². The Morgan fingerprint density at radius 3 is 2.62 bits per heavy atom. The first-order chi connectivity index (χ1) is 15.3. The van der Waals surface area contributed by atoms with Gasteiger partial charge in [0.1, 0.15) is 0 Å². The van der Waals surface area contributed by atoms with Crippen molar-refractivity contribution in [1.82, 2.24) is 9.29 Å². The highest BCUT2D eigenvalue weighted by Crippen LogP contribution is 2.40. The molecule has 0 amide bonds. The molecule has 1 aliphatic heterocycles. The first kappa shape index (κ1) is 24.3. The van der Waals surface area contributed by atoms with Gasteiger partial charge >= 0.3 is 0 Å². The van der Waals surface area contributed by atoms with Gasteiger partial charge in [0, 0.05) is 36.5 Å². The number of pyridine rings is 1. The molecule has 2 aromatic rings. The number of hydrogen-bond acceptors (Lipinski definition) is 5. The maximum absolute atomic E-state index is 12.1. The van der Waals surface area contributed by atoms with Crippen LogP contribution in [0.4, 0.5) is 0 Å². The van der Waals surface area contributed by atoms with Crippen molar-refractivity contribution in [2.75, 3.05) is 26.5 Å². The van der Waals surface area contributed by atoms with Gasteiger partial charge in [-0.1, -0.05) is 19.8 Å². The Bertz CT molecular complexity index is 1080. The summed E-state index contributed by atoms with van der Waals surface area (Å²) in [6, 6.07) is 7.74. The third-order valence-corrected chi connectivity index (χ3v) is 6.65. The van der Waals surface area contributed by atoms with E-state index in [-0.39, 0.29) is 5.43 Å². The monoisotopic (exact) mass is 462 g/mol. The van der Waals surface area contributed by atoms with Crippen molar-refractivity contribution < 1.29 is 17.9 Å². The number of nitrogens with one attached hydrogen (secondary N) is 1. The summed E-state index contributed by atoms with van der Waals surface area (Å²) in [5, 5.41) is 0. The lowest BCUT2D eigenvalue weighted by atomic mass is 9.99. The Balaban J connectivity index is 1.67. The number of hydrogen-bond donors (Lipinski definition) is 1. The van der Waals surface area contributed by atoms with Crippen molar-refractivity contribution in [3.8, 4) is 22.8 Å². The second kappa shape index (κ2) is 11.0. The van der Waals surface area contributed by atoms with Crippen LogP contribution in [-0.2, 0) is 16.4 Å². The quantitative estimate of drug-likeness (QED) is 0.512. The van der Waals surface area contributed by atoms with Crippen molar-refractivity contribution >= 4 is 10.0 Å². The van der Waals surface area contributed by atoms with Crippen LogP contribution >= 0.6 is 0 Å². The molecule has 0 bridgehead atoms. The number of benzene rings is 1. The summed E-state index contributed by atoms with van der Waals surface area (Å²) in [7, 11) is -1.48. The Hall–Kier alpha value is -2.32. The van der Waals surface area contributed by atoms with E-state index in [0.29, 0.717) is 24.9 Å². The molecule has 2 heterocycles. The highest BCUT2D eigenvalue weighted by molar-refractivity contribution is 7.88. The van der Waals surface area contributed by atoms with Gasteiger partial charge in [0.05, 0.1) is 25.7 Å². The van der Waals surface area contributed by atoms with Crippen molar-refractivity contribution in [3.05, 3.63) is 46.2 Å². The van der Waals surface area contributed by atoms with Crippen LogP contribution in [0.15, 0.2) is 35.3 Å². The standard InChI is InChI=1S/C24H34N2O5S/c1-4-19-10-9-18-15-24(31-14-8-6-5-7-12-25-32(3,28)29)23(30-2)17-21(18)22-16-20(27)11-13-26(19)22/h11,13,15-17,19,25H,4-10,12,14H2,1-3H3. The minimum Gasteiger partial charge on any atom is -0.493 e. The van der Waals surface area contributed by atoms with Crippen molar-refractivity contribution in [3.63, 3.8) is 0 Å². The average molecular weight is 463 g/mol. The lowest BCUT2D eigenvalue weighted by Gasteiger charge is -2.20. The molecule has 0 radical (unpaired) electrons. The van der Waals surface area contributed by atoms with E-state index in [1.807, 2.05) is 12.3 Å². The number of fused-ring (bicyclic) bond motifs is 3. The van der Waals surface area contributed by atoms with Crippen LogP contribution in [0.3, 0.4) is 0 Å². The van der Waals surface area contributed by atoms with Gasteiger partial charge in [-0.2, -0.15) is 0 Å². The molecule has 1 atom stereocenters. The van der Waals surface area contributed by atoms with E-state index < -0.39 is 10.0 Å². The molecular formula is C24H34N2O5S. The average Bonchev–Trinajstić information content (AvgIpc) is 2.90. The molecule has 7 nitrogen and oxygen atoms in total. The van der Waals surface area contributed by atoms with Gasteiger partial charge in [0.15, 0.2) is 16.9 Å². The number of unbranched alkanes of at least 4 members (excludes halogenated alkanes) is 3.